The van der Waals surface area contributed by atoms with Gasteiger partial charge in [0.05, 0.1) is 14.3 Å². The van der Waals surface area contributed by atoms with Crippen molar-refractivity contribution < 1.29 is 33.7 Å². The van der Waals surface area contributed by atoms with Gasteiger partial charge in [-0.15, -0.1) is 0 Å². The van der Waals surface area contributed by atoms with Crippen LogP contribution in [0.3, 0.4) is 0 Å². The second-order valence-electron chi connectivity index (χ2n) is 6.52. The summed E-state index contributed by atoms with van der Waals surface area (Å²) in [6, 6.07) is 6.19. The zero-order valence-corrected chi connectivity index (χ0v) is 25.1. The molecule has 3 N–H and O–H groups in total. The summed E-state index contributed by atoms with van der Waals surface area (Å²) in [5.74, 6) is -0.256. The molecule has 1 atom stereocenters. The molecule has 0 unspecified atom stereocenters. The van der Waals surface area contributed by atoms with E-state index < -0.39 is 18.0 Å². The first kappa shape index (κ1) is 27.9. The summed E-state index contributed by atoms with van der Waals surface area (Å²) in [6.45, 7) is 0.906. The van der Waals surface area contributed by atoms with E-state index in [4.69, 9.17) is 25.1 Å². The van der Waals surface area contributed by atoms with E-state index in [2.05, 4.69) is 45.2 Å². The van der Waals surface area contributed by atoms with Gasteiger partial charge in [0, 0.05) is 0 Å². The number of hydrogen-bond acceptors (Lipinski definition) is 7. The topological polar surface area (TPSA) is 125 Å². The first-order valence-electron chi connectivity index (χ1n) is 8.89. The van der Waals surface area contributed by atoms with Crippen LogP contribution in [0.25, 0.3) is 0 Å². The van der Waals surface area contributed by atoms with E-state index in [-0.39, 0.29) is 25.4 Å². The Kier molecular flexibility index (Phi) is 11.3. The molecule has 0 fully saturated rings. The van der Waals surface area contributed by atoms with Crippen molar-refractivity contribution in [2.24, 2.45) is 5.73 Å². The number of carboxylic acids is 1. The van der Waals surface area contributed by atoms with E-state index in [1.165, 1.54) is 6.92 Å². The van der Waals surface area contributed by atoms with Gasteiger partial charge in [-0.1, -0.05) is 0 Å². The van der Waals surface area contributed by atoms with Crippen molar-refractivity contribution in [1.82, 2.24) is 0 Å². The summed E-state index contributed by atoms with van der Waals surface area (Å²) in [5.41, 5.74) is 6.44. The number of halogens is 4. The van der Waals surface area contributed by atoms with E-state index in [1.54, 1.807) is 12.1 Å². The average molecular weight is 891 g/mol. The molecule has 0 radical (unpaired) electrons. The smallest absolute Gasteiger partial charge is 0.337 e. The molecular formula is C20H17I4NO7. The van der Waals surface area contributed by atoms with E-state index >= 15 is 0 Å². The van der Waals surface area contributed by atoms with Crippen molar-refractivity contribution >= 4 is 108 Å². The highest BCUT2D eigenvalue weighted by Gasteiger charge is 2.18. The SMILES string of the molecule is CC(=O)COCC(=O)Oc1c(I)cc(Oc2c(I)cc(C[C@H](N)C(=O)O)cc2I)cc1I. The molecule has 172 valence electrons. The number of carbonyl (C=O) groups is 3. The van der Waals surface area contributed by atoms with Crippen LogP contribution in [-0.4, -0.2) is 42.1 Å². The summed E-state index contributed by atoms with van der Waals surface area (Å²) in [4.78, 5) is 33.9. The maximum Gasteiger partial charge on any atom is 0.337 e. The molecule has 0 aliphatic carbocycles. The Morgan fingerprint density at radius 1 is 0.938 bits per heavy atom. The van der Waals surface area contributed by atoms with Crippen LogP contribution in [0.4, 0.5) is 0 Å². The normalized spacial score (nSPS) is 11.7. The maximum absolute atomic E-state index is 12.0. The van der Waals surface area contributed by atoms with Gasteiger partial charge in [0.15, 0.2) is 17.3 Å². The molecule has 0 heterocycles. The number of Topliss-reactive ketones (excluding diaryl/α,β-unsaturated/α-hetero) is 1. The fraction of sp³-hybridized carbons (Fsp3) is 0.250. The molecule has 0 aromatic heterocycles. The van der Waals surface area contributed by atoms with Gasteiger partial charge in [-0.2, -0.15) is 0 Å². The number of hydrogen-bond donors (Lipinski definition) is 2. The van der Waals surface area contributed by atoms with E-state index in [1.807, 2.05) is 57.3 Å². The number of esters is 1. The van der Waals surface area contributed by atoms with Crippen LogP contribution in [-0.2, 0) is 25.5 Å². The van der Waals surface area contributed by atoms with Crippen molar-refractivity contribution in [3.63, 3.8) is 0 Å². The van der Waals surface area contributed by atoms with Crippen LogP contribution in [0.1, 0.15) is 12.5 Å². The summed E-state index contributed by atoms with van der Waals surface area (Å²) < 4.78 is 19.4. The number of carboxylic acid groups (broad SMARTS) is 1. The second kappa shape index (κ2) is 13.0. The van der Waals surface area contributed by atoms with Crippen LogP contribution in [0.5, 0.6) is 17.2 Å². The maximum atomic E-state index is 12.0. The Bertz CT molecular complexity index is 999. The Morgan fingerprint density at radius 2 is 1.47 bits per heavy atom. The number of benzene rings is 2. The minimum Gasteiger partial charge on any atom is -0.480 e. The standard InChI is InChI=1S/C20H17I4NO7/c1-9(26)7-30-8-17(27)32-19-14(23)5-11(6-15(19)24)31-18-12(21)2-10(3-13(18)22)4-16(25)20(28)29/h2-3,5-6,16H,4,7-8,25H2,1H3,(H,28,29)/t16-/m0/s1. The first-order valence-corrected chi connectivity index (χ1v) is 13.2. The van der Waals surface area contributed by atoms with Crippen LogP contribution in [0.2, 0.25) is 0 Å². The number of ether oxygens (including phenoxy) is 3. The number of ketones is 1. The predicted molar refractivity (Wildman–Crippen MR) is 150 cm³/mol. The molecule has 32 heavy (non-hydrogen) atoms. The van der Waals surface area contributed by atoms with Gasteiger partial charge in [0.2, 0.25) is 0 Å². The largest absolute Gasteiger partial charge is 0.480 e. The zero-order chi connectivity index (χ0) is 24.0. The molecule has 0 amide bonds. The van der Waals surface area contributed by atoms with E-state index in [0.29, 0.717) is 24.4 Å². The third-order valence-corrected chi connectivity index (χ3v) is 6.97. The van der Waals surface area contributed by atoms with Gasteiger partial charge >= 0.3 is 11.9 Å². The van der Waals surface area contributed by atoms with Crippen LogP contribution >= 0.6 is 90.4 Å². The summed E-state index contributed by atoms with van der Waals surface area (Å²) >= 11 is 8.36. The number of nitrogens with two attached hydrogens (primary N) is 1. The number of rotatable bonds is 10. The average Bonchev–Trinajstić information content (AvgIpc) is 2.67. The first-order chi connectivity index (χ1) is 15.0. The molecular weight excluding hydrogens is 874 g/mol. The quantitative estimate of drug-likeness (QED) is 0.205. The van der Waals surface area contributed by atoms with Crippen molar-refractivity contribution in [2.75, 3.05) is 13.2 Å². The van der Waals surface area contributed by atoms with Gasteiger partial charge in [-0.05, 0) is 134 Å². The van der Waals surface area contributed by atoms with Gasteiger partial charge < -0.3 is 25.1 Å². The Balaban J connectivity index is 2.16. The lowest BCUT2D eigenvalue weighted by Crippen LogP contribution is -2.32. The molecule has 2 aromatic rings. The Hall–Kier alpha value is -0.310. The minimum atomic E-state index is -1.05. The molecule has 0 aliphatic heterocycles. The molecule has 0 aliphatic rings. The molecule has 0 saturated heterocycles. The number of aliphatic carboxylic acids is 1. The van der Waals surface area contributed by atoms with Crippen molar-refractivity contribution in [1.29, 1.82) is 0 Å². The molecule has 0 bridgehead atoms. The molecule has 8 nitrogen and oxygen atoms in total. The summed E-state index contributed by atoms with van der Waals surface area (Å²) in [6.07, 6.45) is 0.216. The lowest BCUT2D eigenvalue weighted by atomic mass is 10.1. The highest BCUT2D eigenvalue weighted by Crippen LogP contribution is 2.37. The highest BCUT2D eigenvalue weighted by atomic mass is 127. The fourth-order valence-corrected chi connectivity index (χ4v) is 6.45. The van der Waals surface area contributed by atoms with Crippen LogP contribution in [0, 0.1) is 14.3 Å². The summed E-state index contributed by atoms with van der Waals surface area (Å²) in [7, 11) is 0. The molecule has 2 aromatic carbocycles. The zero-order valence-electron chi connectivity index (χ0n) is 16.5. The van der Waals surface area contributed by atoms with Gasteiger partial charge in [-0.25, -0.2) is 4.79 Å². The third kappa shape index (κ3) is 8.48. The van der Waals surface area contributed by atoms with E-state index in [0.717, 1.165) is 12.7 Å². The minimum absolute atomic E-state index is 0.144. The van der Waals surface area contributed by atoms with Gasteiger partial charge in [-0.3, -0.25) is 9.59 Å². The van der Waals surface area contributed by atoms with Gasteiger partial charge in [0.25, 0.3) is 0 Å². The van der Waals surface area contributed by atoms with Crippen molar-refractivity contribution in [2.45, 2.75) is 19.4 Å². The monoisotopic (exact) mass is 891 g/mol. The van der Waals surface area contributed by atoms with Crippen LogP contribution < -0.4 is 15.2 Å². The van der Waals surface area contributed by atoms with Crippen LogP contribution in [0.15, 0.2) is 24.3 Å². The van der Waals surface area contributed by atoms with Crippen molar-refractivity contribution in [3.8, 4) is 17.2 Å². The predicted octanol–water partition coefficient (Wildman–Crippen LogP) is 4.36. The second-order valence-corrected chi connectivity index (χ2v) is 11.2. The molecule has 12 heteroatoms. The Labute approximate surface area is 238 Å². The highest BCUT2D eigenvalue weighted by molar-refractivity contribution is 14.1. The van der Waals surface area contributed by atoms with Gasteiger partial charge in [0.1, 0.15) is 25.0 Å². The molecule has 2 rings (SSSR count). The lowest BCUT2D eigenvalue weighted by Gasteiger charge is -2.15. The summed E-state index contributed by atoms with van der Waals surface area (Å²) in [5, 5.41) is 9.02. The molecule has 0 spiro atoms. The fourth-order valence-electron chi connectivity index (χ4n) is 2.40. The molecule has 0 saturated carbocycles. The third-order valence-electron chi connectivity index (χ3n) is 3.76. The van der Waals surface area contributed by atoms with Crippen molar-refractivity contribution in [3.05, 3.63) is 44.1 Å². The van der Waals surface area contributed by atoms with E-state index in [9.17, 15) is 14.4 Å². The Morgan fingerprint density at radius 3 is 1.97 bits per heavy atom. The lowest BCUT2D eigenvalue weighted by molar-refractivity contribution is -0.141. The number of carbonyl (C=O) groups excluding carboxylic acids is 2.